The number of carbonyl (C=O) groups excluding carboxylic acids is 1. The topological polar surface area (TPSA) is 32.8 Å². The third-order valence-corrected chi connectivity index (χ3v) is 5.65. The third kappa shape index (κ3) is 5.15. The maximum absolute atomic E-state index is 12.1. The molecular weight excluding hydrogens is 372 g/mol. The molecule has 1 heterocycles. The van der Waals surface area contributed by atoms with Crippen molar-refractivity contribution in [2.45, 2.75) is 6.04 Å². The van der Waals surface area contributed by atoms with Crippen LogP contribution in [0.4, 0.5) is 0 Å². The van der Waals surface area contributed by atoms with E-state index in [2.05, 4.69) is 70.5 Å². The molecule has 0 saturated carbocycles. The molecule has 30 heavy (non-hydrogen) atoms. The summed E-state index contributed by atoms with van der Waals surface area (Å²) in [4.78, 5) is 17.0. The monoisotopic (exact) mass is 400 g/mol. The van der Waals surface area contributed by atoms with Crippen molar-refractivity contribution in [2.75, 3.05) is 39.3 Å². The molecule has 3 aromatic carbocycles. The Labute approximate surface area is 178 Å². The molecule has 1 aliphatic rings. The molecule has 0 radical (unpaired) electrons. The van der Waals surface area contributed by atoms with Gasteiger partial charge in [0.1, 0.15) is 6.61 Å². The van der Waals surface area contributed by atoms with Gasteiger partial charge >= 0.3 is 5.97 Å². The fraction of sp³-hybridized carbons (Fsp3) is 0.269. The van der Waals surface area contributed by atoms with E-state index in [4.69, 9.17) is 4.74 Å². The van der Waals surface area contributed by atoms with Gasteiger partial charge in [0.25, 0.3) is 0 Å². The number of nitrogens with zero attached hydrogens (tertiary/aromatic N) is 2. The van der Waals surface area contributed by atoms with Gasteiger partial charge in [-0.3, -0.25) is 9.80 Å². The number of benzene rings is 3. The van der Waals surface area contributed by atoms with Crippen LogP contribution in [0.15, 0.2) is 91.0 Å². The molecule has 4 rings (SSSR count). The molecule has 0 aromatic heterocycles. The van der Waals surface area contributed by atoms with Crippen molar-refractivity contribution in [3.8, 4) is 0 Å². The van der Waals surface area contributed by atoms with Gasteiger partial charge in [0.05, 0.1) is 11.6 Å². The molecule has 0 N–H and O–H groups in total. The second kappa shape index (κ2) is 10.2. The summed E-state index contributed by atoms with van der Waals surface area (Å²) in [6.45, 7) is 5.11. The van der Waals surface area contributed by atoms with E-state index >= 15 is 0 Å². The average Bonchev–Trinajstić information content (AvgIpc) is 2.82. The van der Waals surface area contributed by atoms with Crippen molar-refractivity contribution < 1.29 is 9.53 Å². The maximum Gasteiger partial charge on any atom is 0.338 e. The standard InChI is InChI=1S/C26H28N2O2/c29-26(24-14-8-3-9-15-24)30-21-20-27-16-18-28(19-17-27)25(22-10-4-1-5-11-22)23-12-6-2-7-13-23/h1-15,25H,16-21H2. The van der Waals surface area contributed by atoms with Crippen LogP contribution < -0.4 is 0 Å². The summed E-state index contributed by atoms with van der Waals surface area (Å²) in [5, 5.41) is 0. The molecule has 0 spiro atoms. The van der Waals surface area contributed by atoms with Gasteiger partial charge in [0.2, 0.25) is 0 Å². The van der Waals surface area contributed by atoms with E-state index in [-0.39, 0.29) is 12.0 Å². The molecule has 0 unspecified atom stereocenters. The van der Waals surface area contributed by atoms with Gasteiger partial charge < -0.3 is 4.74 Å². The van der Waals surface area contributed by atoms with E-state index < -0.39 is 0 Å². The van der Waals surface area contributed by atoms with Gasteiger partial charge in [-0.15, -0.1) is 0 Å². The molecule has 1 saturated heterocycles. The summed E-state index contributed by atoms with van der Waals surface area (Å²) >= 11 is 0. The predicted octanol–water partition coefficient (Wildman–Crippen LogP) is 4.25. The highest BCUT2D eigenvalue weighted by Crippen LogP contribution is 2.29. The van der Waals surface area contributed by atoms with Crippen LogP contribution in [0, 0.1) is 0 Å². The molecular formula is C26H28N2O2. The minimum atomic E-state index is -0.248. The molecule has 4 heteroatoms. The predicted molar refractivity (Wildman–Crippen MR) is 119 cm³/mol. The summed E-state index contributed by atoms with van der Waals surface area (Å²) < 4.78 is 5.45. The Morgan fingerprint density at radius 2 is 1.23 bits per heavy atom. The highest BCUT2D eigenvalue weighted by Gasteiger charge is 2.26. The molecule has 0 atom stereocenters. The van der Waals surface area contributed by atoms with Crippen LogP contribution in [0.1, 0.15) is 27.5 Å². The molecule has 1 aliphatic heterocycles. The first kappa shape index (κ1) is 20.3. The minimum absolute atomic E-state index is 0.248. The van der Waals surface area contributed by atoms with E-state index in [1.807, 2.05) is 18.2 Å². The zero-order valence-electron chi connectivity index (χ0n) is 17.2. The first-order valence-electron chi connectivity index (χ1n) is 10.6. The second-order valence-corrected chi connectivity index (χ2v) is 7.60. The Hall–Kier alpha value is -2.95. The second-order valence-electron chi connectivity index (χ2n) is 7.60. The molecule has 0 aliphatic carbocycles. The third-order valence-electron chi connectivity index (χ3n) is 5.65. The summed E-state index contributed by atoms with van der Waals surface area (Å²) in [6, 6.07) is 30.9. The molecule has 4 nitrogen and oxygen atoms in total. The molecule has 1 fully saturated rings. The van der Waals surface area contributed by atoms with E-state index in [9.17, 15) is 4.79 Å². The Kier molecular flexibility index (Phi) is 6.91. The van der Waals surface area contributed by atoms with Gasteiger partial charge in [0, 0.05) is 32.7 Å². The van der Waals surface area contributed by atoms with Crippen molar-refractivity contribution in [3.05, 3.63) is 108 Å². The number of carbonyl (C=O) groups is 1. The lowest BCUT2D eigenvalue weighted by molar-refractivity contribution is 0.0407. The largest absolute Gasteiger partial charge is 0.461 e. The summed E-state index contributed by atoms with van der Waals surface area (Å²) in [6.07, 6.45) is 0. The number of piperazine rings is 1. The zero-order valence-corrected chi connectivity index (χ0v) is 17.2. The fourth-order valence-corrected chi connectivity index (χ4v) is 4.05. The lowest BCUT2D eigenvalue weighted by Gasteiger charge is -2.39. The van der Waals surface area contributed by atoms with E-state index in [1.165, 1.54) is 11.1 Å². The van der Waals surface area contributed by atoms with Crippen LogP contribution in [0.3, 0.4) is 0 Å². The quantitative estimate of drug-likeness (QED) is 0.555. The summed E-state index contributed by atoms with van der Waals surface area (Å²) in [5.74, 6) is -0.248. The van der Waals surface area contributed by atoms with Crippen LogP contribution >= 0.6 is 0 Å². The number of rotatable bonds is 7. The van der Waals surface area contributed by atoms with Crippen LogP contribution in [0.2, 0.25) is 0 Å². The Morgan fingerprint density at radius 1 is 0.733 bits per heavy atom. The Bertz CT molecular complexity index is 868. The van der Waals surface area contributed by atoms with Crippen molar-refractivity contribution >= 4 is 5.97 Å². The highest BCUT2D eigenvalue weighted by molar-refractivity contribution is 5.89. The average molecular weight is 401 g/mol. The van der Waals surface area contributed by atoms with Crippen molar-refractivity contribution in [1.29, 1.82) is 0 Å². The van der Waals surface area contributed by atoms with Gasteiger partial charge in [0.15, 0.2) is 0 Å². The first-order chi connectivity index (χ1) is 14.8. The minimum Gasteiger partial charge on any atom is -0.461 e. The van der Waals surface area contributed by atoms with Crippen molar-refractivity contribution in [2.24, 2.45) is 0 Å². The highest BCUT2D eigenvalue weighted by atomic mass is 16.5. The summed E-state index contributed by atoms with van der Waals surface area (Å²) in [7, 11) is 0. The Morgan fingerprint density at radius 3 is 1.77 bits per heavy atom. The van der Waals surface area contributed by atoms with Gasteiger partial charge in [-0.05, 0) is 23.3 Å². The molecule has 0 amide bonds. The lowest BCUT2D eigenvalue weighted by atomic mass is 9.96. The van der Waals surface area contributed by atoms with Crippen molar-refractivity contribution in [1.82, 2.24) is 9.80 Å². The number of ether oxygens (including phenoxy) is 1. The fourth-order valence-electron chi connectivity index (χ4n) is 4.05. The van der Waals surface area contributed by atoms with Crippen LogP contribution in [0.5, 0.6) is 0 Å². The SMILES string of the molecule is O=C(OCCN1CCN(C(c2ccccc2)c2ccccc2)CC1)c1ccccc1. The normalized spacial score (nSPS) is 15.2. The summed E-state index contributed by atoms with van der Waals surface area (Å²) in [5.41, 5.74) is 3.26. The smallest absolute Gasteiger partial charge is 0.338 e. The first-order valence-corrected chi connectivity index (χ1v) is 10.6. The van der Waals surface area contributed by atoms with E-state index in [0.29, 0.717) is 12.2 Å². The van der Waals surface area contributed by atoms with E-state index in [1.54, 1.807) is 12.1 Å². The van der Waals surface area contributed by atoms with Gasteiger partial charge in [-0.25, -0.2) is 4.79 Å². The molecule has 0 bridgehead atoms. The molecule has 3 aromatic rings. The van der Waals surface area contributed by atoms with Gasteiger partial charge in [-0.2, -0.15) is 0 Å². The van der Waals surface area contributed by atoms with Crippen LogP contribution in [0.25, 0.3) is 0 Å². The van der Waals surface area contributed by atoms with Crippen LogP contribution in [-0.2, 0) is 4.74 Å². The van der Waals surface area contributed by atoms with Gasteiger partial charge in [-0.1, -0.05) is 78.9 Å². The van der Waals surface area contributed by atoms with Crippen molar-refractivity contribution in [3.63, 3.8) is 0 Å². The van der Waals surface area contributed by atoms with Crippen LogP contribution in [-0.4, -0.2) is 55.1 Å². The Balaban J connectivity index is 1.32. The van der Waals surface area contributed by atoms with E-state index in [0.717, 1.165) is 32.7 Å². The zero-order chi connectivity index (χ0) is 20.6. The number of hydrogen-bond acceptors (Lipinski definition) is 4. The number of hydrogen-bond donors (Lipinski definition) is 0. The number of esters is 1. The lowest BCUT2D eigenvalue weighted by Crippen LogP contribution is -2.48. The molecule has 154 valence electrons. The maximum atomic E-state index is 12.1.